The van der Waals surface area contributed by atoms with E-state index in [2.05, 4.69) is 36.8 Å². The zero-order valence-electron chi connectivity index (χ0n) is 8.45. The molecule has 88 valence electrons. The fraction of sp³-hybridized carbons (Fsp3) is 0.500. The molecule has 2 heterocycles. The summed E-state index contributed by atoms with van der Waals surface area (Å²) in [6.45, 7) is 2.08. The van der Waals surface area contributed by atoms with Gasteiger partial charge in [0.05, 0.1) is 16.9 Å². The summed E-state index contributed by atoms with van der Waals surface area (Å²) in [5.74, 6) is -0.101. The Kier molecular flexibility index (Phi) is 3.71. The van der Waals surface area contributed by atoms with E-state index in [4.69, 9.17) is 9.52 Å². The Morgan fingerprint density at radius 2 is 2.38 bits per heavy atom. The molecule has 16 heavy (non-hydrogen) atoms. The highest BCUT2D eigenvalue weighted by Crippen LogP contribution is 2.28. The standard InChI is InChI=1S/C10H11Br2NO3/c11-8-3-7(16-9(8)12)5-13-2-1-6(4-13)10(14)15/h3,6H,1-2,4-5H2,(H,14,15). The summed E-state index contributed by atoms with van der Waals surface area (Å²) in [6, 6.07) is 1.90. The fourth-order valence-corrected chi connectivity index (χ4v) is 2.53. The van der Waals surface area contributed by atoms with Crippen LogP contribution in [0, 0.1) is 5.92 Å². The SMILES string of the molecule is O=C(O)C1CCN(Cc2cc(Br)c(Br)o2)C1. The summed E-state index contributed by atoms with van der Waals surface area (Å²) in [4.78, 5) is 12.9. The van der Waals surface area contributed by atoms with Crippen molar-refractivity contribution in [3.8, 4) is 0 Å². The maximum absolute atomic E-state index is 10.8. The highest BCUT2D eigenvalue weighted by atomic mass is 79.9. The van der Waals surface area contributed by atoms with E-state index < -0.39 is 5.97 Å². The number of nitrogens with zero attached hydrogens (tertiary/aromatic N) is 1. The van der Waals surface area contributed by atoms with Crippen molar-refractivity contribution in [2.75, 3.05) is 13.1 Å². The number of carbonyl (C=O) groups is 1. The largest absolute Gasteiger partial charge is 0.481 e. The Morgan fingerprint density at radius 1 is 1.62 bits per heavy atom. The molecular formula is C10H11Br2NO3. The molecule has 2 rings (SSSR count). The van der Waals surface area contributed by atoms with Gasteiger partial charge in [-0.05, 0) is 50.9 Å². The van der Waals surface area contributed by atoms with Gasteiger partial charge in [-0.3, -0.25) is 9.69 Å². The van der Waals surface area contributed by atoms with E-state index in [9.17, 15) is 4.79 Å². The third-order valence-electron chi connectivity index (χ3n) is 2.70. The number of aliphatic carboxylic acids is 1. The minimum Gasteiger partial charge on any atom is -0.481 e. The first-order valence-corrected chi connectivity index (χ1v) is 6.53. The summed E-state index contributed by atoms with van der Waals surface area (Å²) in [7, 11) is 0. The van der Waals surface area contributed by atoms with E-state index in [-0.39, 0.29) is 5.92 Å². The molecule has 0 bridgehead atoms. The maximum atomic E-state index is 10.8. The molecule has 0 amide bonds. The van der Waals surface area contributed by atoms with Crippen LogP contribution in [-0.2, 0) is 11.3 Å². The van der Waals surface area contributed by atoms with Crippen LogP contribution >= 0.6 is 31.9 Å². The van der Waals surface area contributed by atoms with Gasteiger partial charge >= 0.3 is 5.97 Å². The Balaban J connectivity index is 1.94. The fourth-order valence-electron chi connectivity index (χ4n) is 1.87. The summed E-state index contributed by atoms with van der Waals surface area (Å²) < 4.78 is 7.02. The zero-order chi connectivity index (χ0) is 11.7. The minimum absolute atomic E-state index is 0.234. The Labute approximate surface area is 110 Å². The average Bonchev–Trinajstić information content (AvgIpc) is 2.76. The lowest BCUT2D eigenvalue weighted by molar-refractivity contribution is -0.141. The van der Waals surface area contributed by atoms with Crippen LogP contribution in [0.15, 0.2) is 19.6 Å². The molecule has 1 aliphatic rings. The van der Waals surface area contributed by atoms with Gasteiger partial charge in [0, 0.05) is 6.54 Å². The van der Waals surface area contributed by atoms with Gasteiger partial charge in [-0.15, -0.1) is 0 Å². The number of rotatable bonds is 3. The van der Waals surface area contributed by atoms with Gasteiger partial charge in [0.15, 0.2) is 4.67 Å². The molecule has 0 aromatic carbocycles. The van der Waals surface area contributed by atoms with Crippen molar-refractivity contribution in [2.45, 2.75) is 13.0 Å². The van der Waals surface area contributed by atoms with Crippen molar-refractivity contribution in [1.82, 2.24) is 4.90 Å². The number of furan rings is 1. The summed E-state index contributed by atoms with van der Waals surface area (Å²) in [5.41, 5.74) is 0. The van der Waals surface area contributed by atoms with Crippen molar-refractivity contribution in [3.05, 3.63) is 21.0 Å². The maximum Gasteiger partial charge on any atom is 0.307 e. The Morgan fingerprint density at radius 3 is 2.88 bits per heavy atom. The second kappa shape index (κ2) is 4.89. The molecule has 1 saturated heterocycles. The van der Waals surface area contributed by atoms with Gasteiger partial charge in [0.2, 0.25) is 0 Å². The van der Waals surface area contributed by atoms with Crippen LogP contribution in [-0.4, -0.2) is 29.1 Å². The lowest BCUT2D eigenvalue weighted by Gasteiger charge is -2.12. The van der Waals surface area contributed by atoms with Crippen LogP contribution in [0.5, 0.6) is 0 Å². The number of carboxylic acid groups (broad SMARTS) is 1. The highest BCUT2D eigenvalue weighted by molar-refractivity contribution is 9.13. The predicted octanol–water partition coefficient (Wildman–Crippen LogP) is 2.71. The normalized spacial score (nSPS) is 21.5. The van der Waals surface area contributed by atoms with Crippen molar-refractivity contribution in [2.24, 2.45) is 5.92 Å². The first kappa shape index (κ1) is 12.1. The van der Waals surface area contributed by atoms with Gasteiger partial charge in [0.25, 0.3) is 0 Å². The molecule has 0 aliphatic carbocycles. The molecule has 1 aromatic rings. The van der Waals surface area contributed by atoms with Gasteiger partial charge in [-0.1, -0.05) is 0 Å². The number of likely N-dealkylation sites (tertiary alicyclic amines) is 1. The van der Waals surface area contributed by atoms with E-state index in [1.807, 2.05) is 6.07 Å². The first-order valence-electron chi connectivity index (χ1n) is 4.95. The number of hydrogen-bond acceptors (Lipinski definition) is 3. The topological polar surface area (TPSA) is 53.7 Å². The van der Waals surface area contributed by atoms with Gasteiger partial charge < -0.3 is 9.52 Å². The van der Waals surface area contributed by atoms with Crippen LogP contribution in [0.25, 0.3) is 0 Å². The van der Waals surface area contributed by atoms with Gasteiger partial charge in [-0.25, -0.2) is 0 Å². The summed E-state index contributed by atoms with van der Waals surface area (Å²) in [5, 5.41) is 8.88. The lowest BCUT2D eigenvalue weighted by atomic mass is 10.1. The predicted molar refractivity (Wildman–Crippen MR) is 65.1 cm³/mol. The van der Waals surface area contributed by atoms with E-state index >= 15 is 0 Å². The summed E-state index contributed by atoms with van der Waals surface area (Å²) in [6.07, 6.45) is 0.721. The third kappa shape index (κ3) is 2.67. The number of carboxylic acids is 1. The monoisotopic (exact) mass is 351 g/mol. The molecular weight excluding hydrogens is 342 g/mol. The van der Waals surface area contributed by atoms with Crippen LogP contribution in [0.3, 0.4) is 0 Å². The second-order valence-corrected chi connectivity index (χ2v) is 5.47. The Bertz CT molecular complexity index is 385. The van der Waals surface area contributed by atoms with Crippen molar-refractivity contribution >= 4 is 37.8 Å². The molecule has 4 nitrogen and oxygen atoms in total. The molecule has 1 aliphatic heterocycles. The van der Waals surface area contributed by atoms with E-state index in [0.29, 0.717) is 17.8 Å². The quantitative estimate of drug-likeness (QED) is 0.908. The molecule has 0 radical (unpaired) electrons. The third-order valence-corrected chi connectivity index (χ3v) is 4.41. The number of halogens is 2. The minimum atomic E-state index is -0.704. The molecule has 1 N–H and O–H groups in total. The highest BCUT2D eigenvalue weighted by Gasteiger charge is 2.28. The van der Waals surface area contributed by atoms with Crippen LogP contribution in [0.1, 0.15) is 12.2 Å². The first-order chi connectivity index (χ1) is 7.56. The summed E-state index contributed by atoms with van der Waals surface area (Å²) >= 11 is 6.62. The molecule has 0 saturated carbocycles. The van der Waals surface area contributed by atoms with E-state index in [1.165, 1.54) is 0 Å². The smallest absolute Gasteiger partial charge is 0.307 e. The molecule has 1 fully saturated rings. The number of hydrogen-bond donors (Lipinski definition) is 1. The molecule has 6 heteroatoms. The van der Waals surface area contributed by atoms with Crippen LogP contribution < -0.4 is 0 Å². The average molecular weight is 353 g/mol. The van der Waals surface area contributed by atoms with Gasteiger partial charge in [-0.2, -0.15) is 0 Å². The Hall–Kier alpha value is -0.330. The van der Waals surface area contributed by atoms with E-state index in [1.54, 1.807) is 0 Å². The molecule has 1 aromatic heterocycles. The molecule has 1 unspecified atom stereocenters. The zero-order valence-corrected chi connectivity index (χ0v) is 11.6. The molecule has 1 atom stereocenters. The van der Waals surface area contributed by atoms with Crippen LogP contribution in [0.4, 0.5) is 0 Å². The van der Waals surface area contributed by atoms with Crippen molar-refractivity contribution in [1.29, 1.82) is 0 Å². The second-order valence-electron chi connectivity index (χ2n) is 3.89. The van der Waals surface area contributed by atoms with E-state index in [0.717, 1.165) is 23.2 Å². The van der Waals surface area contributed by atoms with Crippen LogP contribution in [0.2, 0.25) is 0 Å². The lowest BCUT2D eigenvalue weighted by Crippen LogP contribution is -2.22. The van der Waals surface area contributed by atoms with Gasteiger partial charge in [0.1, 0.15) is 5.76 Å². The molecule has 0 spiro atoms. The van der Waals surface area contributed by atoms with Crippen molar-refractivity contribution < 1.29 is 14.3 Å². The van der Waals surface area contributed by atoms with Crippen molar-refractivity contribution in [3.63, 3.8) is 0 Å².